The fourth-order valence-corrected chi connectivity index (χ4v) is 2.58. The fraction of sp³-hybridized carbons (Fsp3) is 0.222. The van der Waals surface area contributed by atoms with Gasteiger partial charge in [-0.3, -0.25) is 0 Å². The fourth-order valence-electron chi connectivity index (χ4n) is 2.58. The quantitative estimate of drug-likeness (QED) is 0.899. The molecule has 3 rings (SSSR count). The number of carboxylic acid groups (broad SMARTS) is 1. The third kappa shape index (κ3) is 3.38. The molecule has 1 saturated heterocycles. The minimum absolute atomic E-state index is 0.145. The molecule has 24 heavy (non-hydrogen) atoms. The van der Waals surface area contributed by atoms with E-state index in [1.807, 2.05) is 31.2 Å². The summed E-state index contributed by atoms with van der Waals surface area (Å²) in [4.78, 5) is 17.7. The summed E-state index contributed by atoms with van der Waals surface area (Å²) in [5, 5.41) is 12.3. The van der Waals surface area contributed by atoms with E-state index in [1.54, 1.807) is 12.1 Å². The maximum Gasteiger partial charge on any atom is 0.339 e. The predicted octanol–water partition coefficient (Wildman–Crippen LogP) is 3.18. The number of hydrogen-bond acceptors (Lipinski definition) is 5. The van der Waals surface area contributed by atoms with Crippen LogP contribution in [0.15, 0.2) is 48.7 Å². The van der Waals surface area contributed by atoms with Crippen molar-refractivity contribution < 1.29 is 14.6 Å². The normalized spacial score (nSPS) is 14.5. The molecule has 0 radical (unpaired) electrons. The molecule has 6 heteroatoms. The Labute approximate surface area is 140 Å². The number of aromatic carboxylic acids is 1. The van der Waals surface area contributed by atoms with Crippen molar-refractivity contribution >= 4 is 23.2 Å². The van der Waals surface area contributed by atoms with Crippen molar-refractivity contribution in [2.24, 2.45) is 0 Å². The zero-order valence-electron chi connectivity index (χ0n) is 13.5. The molecule has 0 saturated carbocycles. The Morgan fingerprint density at radius 2 is 2.04 bits per heavy atom. The molecule has 1 aromatic carbocycles. The summed E-state index contributed by atoms with van der Waals surface area (Å²) in [6.45, 7) is 7.82. The van der Waals surface area contributed by atoms with Gasteiger partial charge >= 0.3 is 5.97 Å². The van der Waals surface area contributed by atoms with E-state index in [1.165, 1.54) is 0 Å². The van der Waals surface area contributed by atoms with Gasteiger partial charge in [0.25, 0.3) is 0 Å². The number of rotatable bonds is 4. The molecule has 1 fully saturated rings. The lowest BCUT2D eigenvalue weighted by molar-refractivity contribution is 0.0697. The Bertz CT molecular complexity index is 772. The highest BCUT2D eigenvalue weighted by molar-refractivity contribution is 5.94. The highest BCUT2D eigenvalue weighted by atomic mass is 16.5. The molecule has 1 aromatic heterocycles. The standard InChI is InChI=1S/C18H19N3O3/c1-12-3-8-16(18(22)23)17(19-12)20-14-4-6-15(7-5-14)21-9-10-24-11-13(21)2/h3-8H,2,9-11H2,1H3,(H,19,20)(H,22,23). The average Bonchev–Trinajstić information content (AvgIpc) is 2.56. The molecular formula is C18H19N3O3. The minimum atomic E-state index is -1.01. The second kappa shape index (κ2) is 6.72. The van der Waals surface area contributed by atoms with Crippen molar-refractivity contribution in [2.75, 3.05) is 30.0 Å². The Kier molecular flexibility index (Phi) is 4.48. The van der Waals surface area contributed by atoms with E-state index in [0.29, 0.717) is 19.0 Å². The second-order valence-electron chi connectivity index (χ2n) is 5.60. The van der Waals surface area contributed by atoms with Crippen molar-refractivity contribution in [3.63, 3.8) is 0 Å². The second-order valence-corrected chi connectivity index (χ2v) is 5.60. The van der Waals surface area contributed by atoms with Gasteiger partial charge in [0.05, 0.1) is 13.2 Å². The van der Waals surface area contributed by atoms with E-state index in [9.17, 15) is 9.90 Å². The van der Waals surface area contributed by atoms with Gasteiger partial charge in [-0.05, 0) is 43.3 Å². The van der Waals surface area contributed by atoms with Gasteiger partial charge in [0.1, 0.15) is 11.4 Å². The van der Waals surface area contributed by atoms with Crippen molar-refractivity contribution in [1.82, 2.24) is 4.98 Å². The number of carboxylic acids is 1. The third-order valence-electron chi connectivity index (χ3n) is 3.82. The predicted molar refractivity (Wildman–Crippen MR) is 93.0 cm³/mol. The largest absolute Gasteiger partial charge is 0.478 e. The summed E-state index contributed by atoms with van der Waals surface area (Å²) in [6, 6.07) is 11.0. The summed E-state index contributed by atoms with van der Waals surface area (Å²) < 4.78 is 5.37. The molecule has 0 spiro atoms. The molecule has 0 unspecified atom stereocenters. The minimum Gasteiger partial charge on any atom is -0.478 e. The summed E-state index contributed by atoms with van der Waals surface area (Å²) in [6.07, 6.45) is 0. The number of benzene rings is 1. The van der Waals surface area contributed by atoms with Crippen molar-refractivity contribution in [1.29, 1.82) is 0 Å². The number of nitrogens with one attached hydrogen (secondary N) is 1. The van der Waals surface area contributed by atoms with Crippen LogP contribution in [0.2, 0.25) is 0 Å². The SMILES string of the molecule is C=C1COCCN1c1ccc(Nc2nc(C)ccc2C(=O)O)cc1. The molecule has 124 valence electrons. The summed E-state index contributed by atoms with van der Waals surface area (Å²) in [7, 11) is 0. The highest BCUT2D eigenvalue weighted by Gasteiger charge is 2.16. The molecule has 0 aliphatic carbocycles. The van der Waals surface area contributed by atoms with Crippen LogP contribution < -0.4 is 10.2 Å². The summed E-state index contributed by atoms with van der Waals surface area (Å²) in [5.74, 6) is -0.669. The van der Waals surface area contributed by atoms with E-state index in [0.717, 1.165) is 29.3 Å². The summed E-state index contributed by atoms with van der Waals surface area (Å²) in [5.41, 5.74) is 3.63. The molecule has 2 N–H and O–H groups in total. The van der Waals surface area contributed by atoms with Crippen LogP contribution in [0.25, 0.3) is 0 Å². The Hall–Kier alpha value is -2.86. The van der Waals surface area contributed by atoms with Gasteiger partial charge < -0.3 is 20.1 Å². The van der Waals surface area contributed by atoms with E-state index in [-0.39, 0.29) is 5.56 Å². The Morgan fingerprint density at radius 3 is 2.71 bits per heavy atom. The van der Waals surface area contributed by atoms with E-state index < -0.39 is 5.97 Å². The van der Waals surface area contributed by atoms with Crippen LogP contribution in [0.3, 0.4) is 0 Å². The molecular weight excluding hydrogens is 306 g/mol. The van der Waals surface area contributed by atoms with Crippen LogP contribution in [-0.2, 0) is 4.74 Å². The van der Waals surface area contributed by atoms with Crippen LogP contribution in [-0.4, -0.2) is 35.8 Å². The monoisotopic (exact) mass is 325 g/mol. The first-order valence-corrected chi connectivity index (χ1v) is 7.65. The average molecular weight is 325 g/mol. The number of nitrogens with zero attached hydrogens (tertiary/aromatic N) is 2. The molecule has 1 aliphatic rings. The van der Waals surface area contributed by atoms with E-state index in [2.05, 4.69) is 21.8 Å². The summed E-state index contributed by atoms with van der Waals surface area (Å²) >= 11 is 0. The van der Waals surface area contributed by atoms with Gasteiger partial charge in [0.2, 0.25) is 0 Å². The number of aryl methyl sites for hydroxylation is 1. The smallest absolute Gasteiger partial charge is 0.339 e. The molecule has 0 atom stereocenters. The van der Waals surface area contributed by atoms with E-state index in [4.69, 9.17) is 4.74 Å². The Morgan fingerprint density at radius 1 is 1.29 bits per heavy atom. The zero-order valence-corrected chi connectivity index (χ0v) is 13.5. The lowest BCUT2D eigenvalue weighted by Gasteiger charge is -2.31. The molecule has 0 bridgehead atoms. The van der Waals surface area contributed by atoms with Gasteiger partial charge in [-0.25, -0.2) is 9.78 Å². The van der Waals surface area contributed by atoms with Gasteiger partial charge in [0, 0.05) is 29.3 Å². The van der Waals surface area contributed by atoms with Crippen LogP contribution in [0.1, 0.15) is 16.1 Å². The zero-order chi connectivity index (χ0) is 17.1. The molecule has 6 nitrogen and oxygen atoms in total. The lowest BCUT2D eigenvalue weighted by atomic mass is 10.2. The number of morpholine rings is 1. The van der Waals surface area contributed by atoms with Crippen LogP contribution in [0.4, 0.5) is 17.2 Å². The molecule has 2 aromatic rings. The Balaban J connectivity index is 1.81. The maximum absolute atomic E-state index is 11.3. The van der Waals surface area contributed by atoms with Crippen LogP contribution >= 0.6 is 0 Å². The maximum atomic E-state index is 11.3. The first-order chi connectivity index (χ1) is 11.5. The number of carbonyl (C=O) groups is 1. The number of anilines is 3. The van der Waals surface area contributed by atoms with Gasteiger partial charge in [-0.1, -0.05) is 6.58 Å². The topological polar surface area (TPSA) is 74.7 Å². The number of ether oxygens (including phenoxy) is 1. The number of pyridine rings is 1. The van der Waals surface area contributed by atoms with Gasteiger partial charge in [-0.15, -0.1) is 0 Å². The number of aromatic nitrogens is 1. The van der Waals surface area contributed by atoms with E-state index >= 15 is 0 Å². The van der Waals surface area contributed by atoms with Gasteiger partial charge in [-0.2, -0.15) is 0 Å². The van der Waals surface area contributed by atoms with Crippen molar-refractivity contribution in [3.05, 3.63) is 59.9 Å². The van der Waals surface area contributed by atoms with Crippen molar-refractivity contribution in [3.8, 4) is 0 Å². The van der Waals surface area contributed by atoms with Gasteiger partial charge in [0.15, 0.2) is 0 Å². The highest BCUT2D eigenvalue weighted by Crippen LogP contribution is 2.25. The third-order valence-corrected chi connectivity index (χ3v) is 3.82. The lowest BCUT2D eigenvalue weighted by Crippen LogP contribution is -2.33. The molecule has 1 aliphatic heterocycles. The first-order valence-electron chi connectivity index (χ1n) is 7.65. The molecule has 0 amide bonds. The van der Waals surface area contributed by atoms with Crippen LogP contribution in [0, 0.1) is 6.92 Å². The van der Waals surface area contributed by atoms with Crippen molar-refractivity contribution in [2.45, 2.75) is 6.92 Å². The number of hydrogen-bond donors (Lipinski definition) is 2. The first kappa shape index (κ1) is 16.0. The van der Waals surface area contributed by atoms with Crippen LogP contribution in [0.5, 0.6) is 0 Å². The molecule has 2 heterocycles.